The molecule has 0 bridgehead atoms. The Morgan fingerprint density at radius 1 is 1.33 bits per heavy atom. The van der Waals surface area contributed by atoms with Gasteiger partial charge in [0, 0.05) is 19.3 Å². The summed E-state index contributed by atoms with van der Waals surface area (Å²) < 4.78 is 26.8. The highest BCUT2D eigenvalue weighted by Crippen LogP contribution is 2.19. The second-order valence-electron chi connectivity index (χ2n) is 4.88. The molecule has 1 aromatic rings. The highest BCUT2D eigenvalue weighted by molar-refractivity contribution is 7.89. The monoisotopic (exact) mass is 329 g/mol. The molecule has 0 fully saturated rings. The van der Waals surface area contributed by atoms with E-state index in [-0.39, 0.29) is 9.88 Å². The molecule has 2 N–H and O–H groups in total. The van der Waals surface area contributed by atoms with Crippen LogP contribution in [0.4, 0.5) is 0 Å². The Balaban J connectivity index is 3.03. The number of hydrogen-bond acceptors (Lipinski definition) is 4. The minimum atomic E-state index is -3.52. The lowest BCUT2D eigenvalue weighted by atomic mass is 10.0. The lowest BCUT2D eigenvalue weighted by Crippen LogP contribution is -2.35. The van der Waals surface area contributed by atoms with E-state index in [1.54, 1.807) is 6.07 Å². The van der Waals surface area contributed by atoms with Gasteiger partial charge in [0.25, 0.3) is 0 Å². The van der Waals surface area contributed by atoms with Crippen LogP contribution in [0.2, 0.25) is 0 Å². The zero-order valence-corrected chi connectivity index (χ0v) is 14.4. The molecule has 0 atom stereocenters. The van der Waals surface area contributed by atoms with Crippen molar-refractivity contribution in [1.29, 1.82) is 0 Å². The Kier molecular flexibility index (Phi) is 6.70. The second kappa shape index (κ2) is 7.82. The normalized spacial score (nSPS) is 12.0. The molecule has 0 saturated carbocycles. The predicted molar refractivity (Wildman–Crippen MR) is 88.6 cm³/mol. The first-order chi connectivity index (χ1) is 9.86. The van der Waals surface area contributed by atoms with Crippen LogP contribution in [0.15, 0.2) is 23.2 Å². The summed E-state index contributed by atoms with van der Waals surface area (Å²) in [4.78, 5) is 4.34. The first-order valence-corrected chi connectivity index (χ1v) is 8.97. The Morgan fingerprint density at radius 2 is 1.95 bits per heavy atom. The van der Waals surface area contributed by atoms with E-state index in [9.17, 15) is 8.42 Å². The third-order valence-corrected chi connectivity index (χ3v) is 5.73. The van der Waals surface area contributed by atoms with Crippen LogP contribution in [-0.4, -0.2) is 35.8 Å². The fraction of sp³-hybridized carbons (Fsp3) is 0.571. The van der Waals surface area contributed by atoms with E-state index < -0.39 is 10.0 Å². The van der Waals surface area contributed by atoms with E-state index in [2.05, 4.69) is 18.8 Å². The van der Waals surface area contributed by atoms with Crippen LogP contribution in [0.5, 0.6) is 0 Å². The van der Waals surface area contributed by atoms with Crippen molar-refractivity contribution in [1.82, 2.24) is 9.29 Å². The second-order valence-corrected chi connectivity index (χ2v) is 7.26. The molecule has 1 heterocycles. The van der Waals surface area contributed by atoms with Gasteiger partial charge in [-0.1, -0.05) is 45.8 Å². The molecule has 5 nitrogen and oxygen atoms in total. The topological polar surface area (TPSA) is 76.3 Å². The summed E-state index contributed by atoms with van der Waals surface area (Å²) in [5, 5.41) is 0. The van der Waals surface area contributed by atoms with E-state index in [0.29, 0.717) is 24.7 Å². The third-order valence-electron chi connectivity index (χ3n) is 3.60. The summed E-state index contributed by atoms with van der Waals surface area (Å²) in [6, 6.07) is 3.05. The van der Waals surface area contributed by atoms with Crippen molar-refractivity contribution in [3.63, 3.8) is 0 Å². The van der Waals surface area contributed by atoms with Gasteiger partial charge in [-0.2, -0.15) is 4.31 Å². The van der Waals surface area contributed by atoms with Crippen molar-refractivity contribution in [2.45, 2.75) is 38.5 Å². The molecule has 118 valence electrons. The van der Waals surface area contributed by atoms with Gasteiger partial charge >= 0.3 is 0 Å². The standard InChI is InChI=1S/C14H23N3O2S2/c1-4-11(5-2)10-17(6-3)21(18,19)12-7-8-13(14(15)20)16-9-12/h7-9,11H,4-6,10H2,1-3H3,(H2,15,20). The van der Waals surface area contributed by atoms with Gasteiger partial charge in [0.1, 0.15) is 9.88 Å². The zero-order chi connectivity index (χ0) is 16.0. The molecule has 0 amide bonds. The molecule has 0 aliphatic heterocycles. The van der Waals surface area contributed by atoms with Crippen LogP contribution >= 0.6 is 12.2 Å². The fourth-order valence-electron chi connectivity index (χ4n) is 2.06. The van der Waals surface area contributed by atoms with Gasteiger partial charge in [0.05, 0.1) is 5.69 Å². The van der Waals surface area contributed by atoms with Gasteiger partial charge in [0.2, 0.25) is 10.0 Å². The van der Waals surface area contributed by atoms with E-state index in [1.807, 2.05) is 6.92 Å². The first-order valence-electron chi connectivity index (χ1n) is 7.12. The molecule has 1 rings (SSSR count). The summed E-state index contributed by atoms with van der Waals surface area (Å²) >= 11 is 4.82. The maximum atomic E-state index is 12.6. The van der Waals surface area contributed by atoms with Gasteiger partial charge in [-0.25, -0.2) is 8.42 Å². The summed E-state index contributed by atoms with van der Waals surface area (Å²) in [6.07, 6.45) is 3.24. The number of thiocarbonyl (C=S) groups is 1. The van der Waals surface area contributed by atoms with Crippen molar-refractivity contribution in [2.24, 2.45) is 11.7 Å². The van der Waals surface area contributed by atoms with Gasteiger partial charge < -0.3 is 5.73 Å². The number of sulfonamides is 1. The van der Waals surface area contributed by atoms with Crippen molar-refractivity contribution in [3.8, 4) is 0 Å². The Hall–Kier alpha value is -1.05. The van der Waals surface area contributed by atoms with Crippen molar-refractivity contribution < 1.29 is 8.42 Å². The van der Waals surface area contributed by atoms with Crippen LogP contribution < -0.4 is 5.73 Å². The first kappa shape index (κ1) is 18.0. The average Bonchev–Trinajstić information content (AvgIpc) is 2.48. The van der Waals surface area contributed by atoms with E-state index in [0.717, 1.165) is 12.8 Å². The van der Waals surface area contributed by atoms with Gasteiger partial charge in [-0.15, -0.1) is 0 Å². The number of hydrogen-bond donors (Lipinski definition) is 1. The number of rotatable bonds is 8. The summed E-state index contributed by atoms with van der Waals surface area (Å²) in [7, 11) is -3.52. The SMILES string of the molecule is CCC(CC)CN(CC)S(=O)(=O)c1ccc(C(N)=S)nc1. The molecular weight excluding hydrogens is 306 g/mol. The van der Waals surface area contributed by atoms with Crippen LogP contribution in [-0.2, 0) is 10.0 Å². The zero-order valence-electron chi connectivity index (χ0n) is 12.7. The molecule has 0 spiro atoms. The Bertz CT molecular complexity index is 566. The predicted octanol–water partition coefficient (Wildman–Crippen LogP) is 2.16. The quantitative estimate of drug-likeness (QED) is 0.740. The van der Waals surface area contributed by atoms with E-state index >= 15 is 0 Å². The molecule has 0 radical (unpaired) electrons. The minimum Gasteiger partial charge on any atom is -0.388 e. The van der Waals surface area contributed by atoms with Crippen molar-refractivity contribution in [3.05, 3.63) is 24.0 Å². The highest BCUT2D eigenvalue weighted by atomic mass is 32.2. The lowest BCUT2D eigenvalue weighted by molar-refractivity contribution is 0.339. The number of pyridine rings is 1. The lowest BCUT2D eigenvalue weighted by Gasteiger charge is -2.24. The van der Waals surface area contributed by atoms with Gasteiger partial charge in [0.15, 0.2) is 0 Å². The summed E-state index contributed by atoms with van der Waals surface area (Å²) in [5.41, 5.74) is 5.89. The largest absolute Gasteiger partial charge is 0.388 e. The molecule has 1 aromatic heterocycles. The fourth-order valence-corrected chi connectivity index (χ4v) is 3.65. The molecule has 7 heteroatoms. The maximum absolute atomic E-state index is 12.6. The molecular formula is C14H23N3O2S2. The molecule has 0 aromatic carbocycles. The van der Waals surface area contributed by atoms with E-state index in [4.69, 9.17) is 18.0 Å². The highest BCUT2D eigenvalue weighted by Gasteiger charge is 2.25. The van der Waals surface area contributed by atoms with Crippen molar-refractivity contribution in [2.75, 3.05) is 13.1 Å². The summed E-state index contributed by atoms with van der Waals surface area (Å²) in [5.74, 6) is 0.364. The number of nitrogens with two attached hydrogens (primary N) is 1. The minimum absolute atomic E-state index is 0.156. The number of aromatic nitrogens is 1. The van der Waals surface area contributed by atoms with Crippen LogP contribution in [0.3, 0.4) is 0 Å². The van der Waals surface area contributed by atoms with Crippen molar-refractivity contribution >= 4 is 27.2 Å². The van der Waals surface area contributed by atoms with E-state index in [1.165, 1.54) is 16.6 Å². The molecule has 0 aliphatic rings. The molecule has 0 unspecified atom stereocenters. The molecule has 0 saturated heterocycles. The number of nitrogens with zero attached hydrogens (tertiary/aromatic N) is 2. The van der Waals surface area contributed by atoms with Crippen LogP contribution in [0.25, 0.3) is 0 Å². The van der Waals surface area contributed by atoms with Gasteiger partial charge in [-0.05, 0) is 18.1 Å². The molecule has 21 heavy (non-hydrogen) atoms. The summed E-state index contributed by atoms with van der Waals surface area (Å²) in [6.45, 7) is 6.97. The molecule has 0 aliphatic carbocycles. The Morgan fingerprint density at radius 3 is 2.33 bits per heavy atom. The Labute approximate surface area is 132 Å². The maximum Gasteiger partial charge on any atom is 0.244 e. The van der Waals surface area contributed by atoms with Crippen LogP contribution in [0, 0.1) is 5.92 Å². The average molecular weight is 329 g/mol. The third kappa shape index (κ3) is 4.46. The smallest absolute Gasteiger partial charge is 0.244 e. The van der Waals surface area contributed by atoms with Crippen LogP contribution in [0.1, 0.15) is 39.3 Å². The van der Waals surface area contributed by atoms with Gasteiger partial charge in [-0.3, -0.25) is 4.98 Å².